The molecule has 6 nitrogen and oxygen atoms in total. The van der Waals surface area contributed by atoms with Crippen molar-refractivity contribution >= 4 is 16.9 Å². The summed E-state index contributed by atoms with van der Waals surface area (Å²) in [6, 6.07) is 7.19. The van der Waals surface area contributed by atoms with Crippen LogP contribution in [0, 0.1) is 6.92 Å². The number of oxazole rings is 1. The van der Waals surface area contributed by atoms with Gasteiger partial charge in [-0.15, -0.1) is 0 Å². The molecule has 0 atom stereocenters. The minimum absolute atomic E-state index is 0.170. The van der Waals surface area contributed by atoms with Crippen LogP contribution in [-0.4, -0.2) is 15.0 Å². The van der Waals surface area contributed by atoms with Crippen LogP contribution in [0.3, 0.4) is 0 Å². The fourth-order valence-electron chi connectivity index (χ4n) is 1.81. The molecule has 0 aliphatic rings. The van der Waals surface area contributed by atoms with E-state index in [9.17, 15) is 4.79 Å². The quantitative estimate of drug-likeness (QED) is 0.747. The van der Waals surface area contributed by atoms with Crippen molar-refractivity contribution in [2.45, 2.75) is 13.5 Å². The second-order valence-corrected chi connectivity index (χ2v) is 4.15. The zero-order valence-corrected chi connectivity index (χ0v) is 10.3. The Labute approximate surface area is 108 Å². The van der Waals surface area contributed by atoms with Gasteiger partial charge in [0, 0.05) is 0 Å². The highest BCUT2D eigenvalue weighted by atomic mass is 16.4. The van der Waals surface area contributed by atoms with Crippen molar-refractivity contribution in [3.8, 4) is 0 Å². The van der Waals surface area contributed by atoms with Gasteiger partial charge in [-0.05, 0) is 19.1 Å². The number of aromatic nitrogens is 3. The first-order chi connectivity index (χ1) is 9.22. The number of para-hydroxylation sites is 1. The summed E-state index contributed by atoms with van der Waals surface area (Å²) in [7, 11) is 0. The van der Waals surface area contributed by atoms with Crippen molar-refractivity contribution in [2.75, 3.05) is 5.32 Å². The fourth-order valence-corrected chi connectivity index (χ4v) is 1.81. The first kappa shape index (κ1) is 11.5. The van der Waals surface area contributed by atoms with Crippen LogP contribution in [0.4, 0.5) is 5.95 Å². The predicted molar refractivity (Wildman–Crippen MR) is 70.9 cm³/mol. The van der Waals surface area contributed by atoms with Gasteiger partial charge in [0.1, 0.15) is 5.76 Å². The van der Waals surface area contributed by atoms with Crippen LogP contribution in [0.5, 0.6) is 0 Å². The van der Waals surface area contributed by atoms with Crippen LogP contribution in [0.25, 0.3) is 10.9 Å². The third-order valence-corrected chi connectivity index (χ3v) is 2.69. The fraction of sp³-hybridized carbons (Fsp3) is 0.154. The van der Waals surface area contributed by atoms with Gasteiger partial charge in [-0.25, -0.2) is 9.97 Å². The van der Waals surface area contributed by atoms with Crippen molar-refractivity contribution in [2.24, 2.45) is 0 Å². The summed E-state index contributed by atoms with van der Waals surface area (Å²) in [5.41, 5.74) is 0.481. The lowest BCUT2D eigenvalue weighted by molar-refractivity contribution is 0.478. The van der Waals surface area contributed by atoms with E-state index in [0.717, 1.165) is 5.76 Å². The monoisotopic (exact) mass is 256 g/mol. The van der Waals surface area contributed by atoms with Gasteiger partial charge in [-0.2, -0.15) is 0 Å². The third-order valence-electron chi connectivity index (χ3n) is 2.69. The molecule has 2 aromatic heterocycles. The van der Waals surface area contributed by atoms with Gasteiger partial charge in [0.25, 0.3) is 5.56 Å². The van der Waals surface area contributed by atoms with Crippen LogP contribution < -0.4 is 10.9 Å². The molecule has 0 saturated heterocycles. The van der Waals surface area contributed by atoms with E-state index in [-0.39, 0.29) is 5.56 Å². The molecule has 2 heterocycles. The molecule has 1 aromatic carbocycles. The van der Waals surface area contributed by atoms with Crippen LogP contribution in [0.1, 0.15) is 11.7 Å². The second kappa shape index (κ2) is 4.56. The molecule has 0 unspecified atom stereocenters. The first-order valence-corrected chi connectivity index (χ1v) is 5.86. The van der Waals surface area contributed by atoms with Gasteiger partial charge < -0.3 is 9.73 Å². The molecular formula is C13H12N4O2. The Morgan fingerprint density at radius 2 is 2.21 bits per heavy atom. The molecule has 0 bridgehead atoms. The molecule has 0 aliphatic carbocycles. The highest BCUT2D eigenvalue weighted by Gasteiger charge is 2.04. The average molecular weight is 256 g/mol. The maximum absolute atomic E-state index is 11.8. The minimum atomic E-state index is -0.170. The summed E-state index contributed by atoms with van der Waals surface area (Å²) in [6.45, 7) is 2.20. The number of nitrogens with zero attached hydrogens (tertiary/aromatic N) is 2. The first-order valence-electron chi connectivity index (χ1n) is 5.86. The number of fused-ring (bicyclic) bond motifs is 1. The van der Waals surface area contributed by atoms with Gasteiger partial charge in [0.2, 0.25) is 11.8 Å². The van der Waals surface area contributed by atoms with E-state index < -0.39 is 0 Å². The number of aromatic amines is 1. The van der Waals surface area contributed by atoms with Crippen molar-refractivity contribution in [1.29, 1.82) is 0 Å². The number of anilines is 1. The van der Waals surface area contributed by atoms with E-state index in [2.05, 4.69) is 20.3 Å². The Bertz CT molecular complexity index is 775. The van der Waals surface area contributed by atoms with E-state index in [1.807, 2.05) is 19.1 Å². The molecule has 0 aliphatic heterocycles. The van der Waals surface area contributed by atoms with Crippen molar-refractivity contribution in [3.05, 3.63) is 52.5 Å². The van der Waals surface area contributed by atoms with Gasteiger partial charge in [0.15, 0.2) is 0 Å². The molecular weight excluding hydrogens is 244 g/mol. The standard InChI is InChI=1S/C13H12N4O2/c1-8-6-14-11(19-8)7-15-13-16-10-5-3-2-4-9(10)12(18)17-13/h2-6H,7H2,1H3,(H2,15,16,17,18). The predicted octanol–water partition coefficient (Wildman–Crippen LogP) is 1.83. The lowest BCUT2D eigenvalue weighted by Gasteiger charge is -2.04. The van der Waals surface area contributed by atoms with Crippen LogP contribution in [0.15, 0.2) is 39.7 Å². The van der Waals surface area contributed by atoms with E-state index in [1.165, 1.54) is 0 Å². The van der Waals surface area contributed by atoms with Gasteiger partial charge in [-0.1, -0.05) is 12.1 Å². The maximum Gasteiger partial charge on any atom is 0.260 e. The molecule has 3 aromatic rings. The zero-order chi connectivity index (χ0) is 13.2. The van der Waals surface area contributed by atoms with Gasteiger partial charge in [-0.3, -0.25) is 9.78 Å². The summed E-state index contributed by atoms with van der Waals surface area (Å²) in [6.07, 6.45) is 1.65. The van der Waals surface area contributed by atoms with Crippen LogP contribution >= 0.6 is 0 Å². The van der Waals surface area contributed by atoms with E-state index >= 15 is 0 Å². The SMILES string of the molecule is Cc1cnc(CNc2nc3ccccc3c(=O)[nH]2)o1. The van der Waals surface area contributed by atoms with Crippen molar-refractivity contribution in [1.82, 2.24) is 15.0 Å². The number of nitrogens with one attached hydrogen (secondary N) is 2. The Balaban J connectivity index is 1.87. The van der Waals surface area contributed by atoms with Crippen molar-refractivity contribution < 1.29 is 4.42 Å². The molecule has 0 spiro atoms. The number of H-pyrrole nitrogens is 1. The maximum atomic E-state index is 11.8. The number of benzene rings is 1. The van der Waals surface area contributed by atoms with E-state index in [1.54, 1.807) is 18.3 Å². The normalized spacial score (nSPS) is 10.8. The van der Waals surface area contributed by atoms with Gasteiger partial charge in [0.05, 0.1) is 23.6 Å². The molecule has 0 fully saturated rings. The molecule has 6 heteroatoms. The summed E-state index contributed by atoms with van der Waals surface area (Å²) >= 11 is 0. The summed E-state index contributed by atoms with van der Waals surface area (Å²) in [5, 5.41) is 3.55. The largest absolute Gasteiger partial charge is 0.444 e. The average Bonchev–Trinajstić information content (AvgIpc) is 2.82. The Hall–Kier alpha value is -2.63. The van der Waals surface area contributed by atoms with Gasteiger partial charge >= 0.3 is 0 Å². The molecule has 3 rings (SSSR count). The Kier molecular flexibility index (Phi) is 2.75. The smallest absolute Gasteiger partial charge is 0.260 e. The van der Waals surface area contributed by atoms with Crippen LogP contribution in [-0.2, 0) is 6.54 Å². The number of hydrogen-bond acceptors (Lipinski definition) is 5. The van der Waals surface area contributed by atoms with Crippen molar-refractivity contribution in [3.63, 3.8) is 0 Å². The molecule has 2 N–H and O–H groups in total. The highest BCUT2D eigenvalue weighted by molar-refractivity contribution is 5.78. The number of rotatable bonds is 3. The highest BCUT2D eigenvalue weighted by Crippen LogP contribution is 2.09. The Morgan fingerprint density at radius 3 is 3.00 bits per heavy atom. The second-order valence-electron chi connectivity index (χ2n) is 4.15. The van der Waals surface area contributed by atoms with E-state index in [4.69, 9.17) is 4.42 Å². The zero-order valence-electron chi connectivity index (χ0n) is 10.3. The van der Waals surface area contributed by atoms with E-state index in [0.29, 0.717) is 29.3 Å². The topological polar surface area (TPSA) is 83.8 Å². The number of aryl methyl sites for hydroxylation is 1. The molecule has 0 amide bonds. The summed E-state index contributed by atoms with van der Waals surface area (Å²) in [5.74, 6) is 1.70. The molecule has 0 radical (unpaired) electrons. The third kappa shape index (κ3) is 2.33. The number of hydrogen-bond donors (Lipinski definition) is 2. The molecule has 0 saturated carbocycles. The summed E-state index contributed by atoms with van der Waals surface area (Å²) in [4.78, 5) is 22.9. The minimum Gasteiger partial charge on any atom is -0.444 e. The lowest BCUT2D eigenvalue weighted by atomic mass is 10.2. The Morgan fingerprint density at radius 1 is 1.37 bits per heavy atom. The molecule has 19 heavy (non-hydrogen) atoms. The van der Waals surface area contributed by atoms with Crippen LogP contribution in [0.2, 0.25) is 0 Å². The lowest BCUT2D eigenvalue weighted by Crippen LogP contribution is -2.13. The summed E-state index contributed by atoms with van der Waals surface area (Å²) < 4.78 is 5.33. The molecule has 96 valence electrons.